The highest BCUT2D eigenvalue weighted by atomic mass is 32.2. The Bertz CT molecular complexity index is 844. The van der Waals surface area contributed by atoms with Gasteiger partial charge >= 0.3 is 0 Å². The number of hydrogen-bond donors (Lipinski definition) is 2. The van der Waals surface area contributed by atoms with Gasteiger partial charge in [-0.25, -0.2) is 0 Å². The molecule has 3 rings (SSSR count). The SMILES string of the molecule is CN1/C(=C\C(=O)CSc2nc(N)nc(N)n2)C(C)(C)c2ccccc21. The number of aromatic nitrogens is 3. The summed E-state index contributed by atoms with van der Waals surface area (Å²) in [4.78, 5) is 26.2. The minimum Gasteiger partial charge on any atom is -0.368 e. The normalized spacial score (nSPS) is 16.9. The van der Waals surface area contributed by atoms with Crippen molar-refractivity contribution in [3.63, 3.8) is 0 Å². The lowest BCUT2D eigenvalue weighted by Gasteiger charge is -2.23. The second kappa shape index (κ2) is 6.36. The Morgan fingerprint density at radius 1 is 1.20 bits per heavy atom. The number of likely N-dealkylation sites (N-methyl/N-ethyl adjacent to an activating group) is 1. The molecule has 0 amide bonds. The van der Waals surface area contributed by atoms with Gasteiger partial charge in [-0.2, -0.15) is 15.0 Å². The van der Waals surface area contributed by atoms with Gasteiger partial charge < -0.3 is 16.4 Å². The van der Waals surface area contributed by atoms with Crippen molar-refractivity contribution >= 4 is 35.1 Å². The van der Waals surface area contributed by atoms with Crippen LogP contribution >= 0.6 is 11.8 Å². The standard InChI is InChI=1S/C17H20N6OS/c1-17(2)11-6-4-5-7-12(11)23(3)13(17)8-10(24)9-25-16-21-14(18)20-15(19)22-16/h4-8H,9H2,1-3H3,(H4,18,19,20,21,22)/b13-8-. The first-order valence-corrected chi connectivity index (χ1v) is 8.75. The lowest BCUT2D eigenvalue weighted by atomic mass is 9.83. The Morgan fingerprint density at radius 2 is 1.84 bits per heavy atom. The Labute approximate surface area is 150 Å². The molecule has 0 aliphatic carbocycles. The fourth-order valence-corrected chi connectivity index (χ4v) is 3.71. The summed E-state index contributed by atoms with van der Waals surface area (Å²) in [5.41, 5.74) is 14.2. The number of nitrogens with two attached hydrogens (primary N) is 2. The van der Waals surface area contributed by atoms with E-state index in [0.29, 0.717) is 5.16 Å². The van der Waals surface area contributed by atoms with Gasteiger partial charge in [-0.15, -0.1) is 0 Å². The van der Waals surface area contributed by atoms with E-state index in [1.807, 2.05) is 19.2 Å². The Balaban J connectivity index is 1.78. The van der Waals surface area contributed by atoms with E-state index < -0.39 is 0 Å². The van der Waals surface area contributed by atoms with E-state index in [-0.39, 0.29) is 28.8 Å². The molecular weight excluding hydrogens is 336 g/mol. The zero-order chi connectivity index (χ0) is 18.2. The maximum Gasteiger partial charge on any atom is 0.225 e. The summed E-state index contributed by atoms with van der Waals surface area (Å²) in [7, 11) is 1.98. The van der Waals surface area contributed by atoms with Gasteiger partial charge in [0.25, 0.3) is 0 Å². The molecule has 0 saturated carbocycles. The van der Waals surface area contributed by atoms with E-state index in [0.717, 1.165) is 11.4 Å². The molecule has 130 valence electrons. The number of allylic oxidation sites excluding steroid dienone is 2. The van der Waals surface area contributed by atoms with Crippen molar-refractivity contribution in [2.24, 2.45) is 0 Å². The van der Waals surface area contributed by atoms with Crippen LogP contribution in [-0.2, 0) is 10.2 Å². The number of thioether (sulfide) groups is 1. The smallest absolute Gasteiger partial charge is 0.225 e. The third kappa shape index (κ3) is 3.30. The van der Waals surface area contributed by atoms with E-state index in [9.17, 15) is 4.79 Å². The number of hydrogen-bond acceptors (Lipinski definition) is 8. The van der Waals surface area contributed by atoms with Gasteiger partial charge in [0.2, 0.25) is 11.9 Å². The van der Waals surface area contributed by atoms with Gasteiger partial charge in [0.15, 0.2) is 10.9 Å². The number of anilines is 3. The zero-order valence-corrected chi connectivity index (χ0v) is 15.2. The third-order valence-corrected chi connectivity index (χ3v) is 5.10. The van der Waals surface area contributed by atoms with Crippen LogP contribution in [0.15, 0.2) is 41.2 Å². The van der Waals surface area contributed by atoms with E-state index in [1.54, 1.807) is 6.08 Å². The third-order valence-electron chi connectivity index (χ3n) is 4.23. The van der Waals surface area contributed by atoms with Crippen molar-refractivity contribution in [2.45, 2.75) is 24.4 Å². The van der Waals surface area contributed by atoms with E-state index in [1.165, 1.54) is 17.3 Å². The highest BCUT2D eigenvalue weighted by Crippen LogP contribution is 2.46. The van der Waals surface area contributed by atoms with Gasteiger partial charge in [0.1, 0.15) is 0 Å². The van der Waals surface area contributed by atoms with Crippen molar-refractivity contribution in [3.8, 4) is 0 Å². The number of carbonyl (C=O) groups excluding carboxylic acids is 1. The average Bonchev–Trinajstić information content (AvgIpc) is 2.74. The maximum absolute atomic E-state index is 12.5. The first-order chi connectivity index (χ1) is 11.8. The Hall–Kier alpha value is -2.61. The van der Waals surface area contributed by atoms with Crippen molar-refractivity contribution in [1.82, 2.24) is 15.0 Å². The fraction of sp³-hybridized carbons (Fsp3) is 0.294. The quantitative estimate of drug-likeness (QED) is 0.632. The molecule has 0 radical (unpaired) electrons. The molecule has 1 aromatic heterocycles. The summed E-state index contributed by atoms with van der Waals surface area (Å²) in [6, 6.07) is 8.18. The highest BCUT2D eigenvalue weighted by Gasteiger charge is 2.38. The topological polar surface area (TPSA) is 111 Å². The predicted molar refractivity (Wildman–Crippen MR) is 100 cm³/mol. The molecule has 0 bridgehead atoms. The second-order valence-electron chi connectivity index (χ2n) is 6.32. The molecule has 1 aromatic carbocycles. The monoisotopic (exact) mass is 356 g/mol. The van der Waals surface area contributed by atoms with Gasteiger partial charge in [-0.1, -0.05) is 43.8 Å². The van der Waals surface area contributed by atoms with Crippen LogP contribution in [0, 0.1) is 0 Å². The van der Waals surface area contributed by atoms with Crippen molar-refractivity contribution in [1.29, 1.82) is 0 Å². The van der Waals surface area contributed by atoms with Crippen molar-refractivity contribution < 1.29 is 4.79 Å². The van der Waals surface area contributed by atoms with Gasteiger partial charge in [-0.05, 0) is 11.6 Å². The molecule has 0 saturated heterocycles. The molecule has 0 fully saturated rings. The molecular formula is C17H20N6OS. The van der Waals surface area contributed by atoms with E-state index in [2.05, 4.69) is 45.8 Å². The van der Waals surface area contributed by atoms with Crippen LogP contribution < -0.4 is 16.4 Å². The minimum absolute atomic E-state index is 0.0229. The number of nitrogen functional groups attached to an aromatic ring is 2. The largest absolute Gasteiger partial charge is 0.368 e. The molecule has 4 N–H and O–H groups in total. The maximum atomic E-state index is 12.5. The number of ketones is 1. The molecule has 7 nitrogen and oxygen atoms in total. The first kappa shape index (κ1) is 17.2. The number of nitrogens with zero attached hydrogens (tertiary/aromatic N) is 4. The lowest BCUT2D eigenvalue weighted by molar-refractivity contribution is -0.112. The zero-order valence-electron chi connectivity index (χ0n) is 14.4. The Kier molecular flexibility index (Phi) is 4.38. The number of rotatable bonds is 4. The molecule has 0 atom stereocenters. The molecule has 2 heterocycles. The summed E-state index contributed by atoms with van der Waals surface area (Å²) in [5.74, 6) is 0.276. The molecule has 25 heavy (non-hydrogen) atoms. The number of para-hydroxylation sites is 1. The summed E-state index contributed by atoms with van der Waals surface area (Å²) in [6.07, 6.45) is 1.70. The first-order valence-electron chi connectivity index (χ1n) is 7.77. The van der Waals surface area contributed by atoms with Gasteiger partial charge in [0.05, 0.1) is 5.75 Å². The van der Waals surface area contributed by atoms with Crippen LogP contribution in [0.4, 0.5) is 17.6 Å². The number of fused-ring (bicyclic) bond motifs is 1. The number of benzene rings is 1. The van der Waals surface area contributed by atoms with Gasteiger partial charge in [0, 0.05) is 29.9 Å². The van der Waals surface area contributed by atoms with E-state index in [4.69, 9.17) is 11.5 Å². The summed E-state index contributed by atoms with van der Waals surface area (Å²) < 4.78 is 0. The van der Waals surface area contributed by atoms with Crippen LogP contribution in [-0.4, -0.2) is 33.5 Å². The molecule has 1 aliphatic heterocycles. The molecule has 0 spiro atoms. The minimum atomic E-state index is -0.228. The van der Waals surface area contributed by atoms with Crippen molar-refractivity contribution in [3.05, 3.63) is 41.6 Å². The molecule has 8 heteroatoms. The second-order valence-corrected chi connectivity index (χ2v) is 7.26. The highest BCUT2D eigenvalue weighted by molar-refractivity contribution is 7.99. The molecule has 2 aromatic rings. The fourth-order valence-electron chi connectivity index (χ4n) is 3.04. The van der Waals surface area contributed by atoms with Crippen LogP contribution in [0.5, 0.6) is 0 Å². The average molecular weight is 356 g/mol. The molecule has 0 unspecified atom stereocenters. The van der Waals surface area contributed by atoms with Crippen LogP contribution in [0.1, 0.15) is 19.4 Å². The van der Waals surface area contributed by atoms with Crippen molar-refractivity contribution in [2.75, 3.05) is 29.2 Å². The summed E-state index contributed by atoms with van der Waals surface area (Å²) in [6.45, 7) is 4.24. The van der Waals surface area contributed by atoms with E-state index >= 15 is 0 Å². The Morgan fingerprint density at radius 3 is 2.48 bits per heavy atom. The predicted octanol–water partition coefficient (Wildman–Crippen LogP) is 2.01. The number of carbonyl (C=O) groups is 1. The molecule has 1 aliphatic rings. The summed E-state index contributed by atoms with van der Waals surface area (Å²) >= 11 is 1.19. The summed E-state index contributed by atoms with van der Waals surface area (Å²) in [5, 5.41) is 0.346. The lowest BCUT2D eigenvalue weighted by Crippen LogP contribution is -2.24. The van der Waals surface area contributed by atoms with Crippen LogP contribution in [0.3, 0.4) is 0 Å². The van der Waals surface area contributed by atoms with Gasteiger partial charge in [-0.3, -0.25) is 4.79 Å². The van der Waals surface area contributed by atoms with Crippen LogP contribution in [0.25, 0.3) is 0 Å². The van der Waals surface area contributed by atoms with Crippen LogP contribution in [0.2, 0.25) is 0 Å².